The van der Waals surface area contributed by atoms with Gasteiger partial charge in [-0.25, -0.2) is 0 Å². The van der Waals surface area contributed by atoms with Crippen LogP contribution in [0, 0.1) is 0 Å². The number of carbonyl (C=O) groups excluding carboxylic acids is 1. The number of halogens is 5. The number of hydrogen-bond donors (Lipinski definition) is 1. The molecule has 15 heavy (non-hydrogen) atoms. The predicted octanol–water partition coefficient (Wildman–Crippen LogP) is 0.991. The Morgan fingerprint density at radius 1 is 1.27 bits per heavy atom. The van der Waals surface area contributed by atoms with Crippen molar-refractivity contribution in [3.8, 4) is 0 Å². The monoisotopic (exact) mass is 234 g/mol. The molecule has 0 unspecified atom stereocenters. The highest BCUT2D eigenvalue weighted by atomic mass is 19.4. The minimum atomic E-state index is -5.87. The quantitative estimate of drug-likeness (QED) is 0.737. The molecule has 0 aromatic rings. The van der Waals surface area contributed by atoms with E-state index in [0.29, 0.717) is 4.90 Å². The van der Waals surface area contributed by atoms with Crippen LogP contribution in [0.5, 0.6) is 0 Å². The van der Waals surface area contributed by atoms with Crippen LogP contribution in [-0.4, -0.2) is 42.5 Å². The maximum Gasteiger partial charge on any atom is 0.463 e. The fraction of sp³-hybridized carbons (Fsp3) is 0.857. The molecule has 90 valence electrons. The van der Waals surface area contributed by atoms with Crippen molar-refractivity contribution in [2.75, 3.05) is 19.6 Å². The van der Waals surface area contributed by atoms with Crippen LogP contribution in [0.3, 0.4) is 0 Å². The van der Waals surface area contributed by atoms with Gasteiger partial charge >= 0.3 is 18.0 Å². The smallest absolute Gasteiger partial charge is 0.336 e. The lowest BCUT2D eigenvalue weighted by Crippen LogP contribution is -2.53. The zero-order valence-electron chi connectivity index (χ0n) is 7.94. The van der Waals surface area contributed by atoms with Crippen LogP contribution in [0.1, 0.15) is 6.92 Å². The van der Waals surface area contributed by atoms with E-state index in [2.05, 4.69) is 0 Å². The first-order valence-corrected chi connectivity index (χ1v) is 4.12. The summed E-state index contributed by atoms with van der Waals surface area (Å²) in [5, 5.41) is 0. The maximum atomic E-state index is 12.5. The fourth-order valence-corrected chi connectivity index (χ4v) is 0.879. The summed E-state index contributed by atoms with van der Waals surface area (Å²) in [7, 11) is 0. The van der Waals surface area contributed by atoms with Crippen molar-refractivity contribution in [2.45, 2.75) is 19.0 Å². The van der Waals surface area contributed by atoms with Crippen molar-refractivity contribution >= 4 is 5.91 Å². The Morgan fingerprint density at radius 3 is 2.00 bits per heavy atom. The van der Waals surface area contributed by atoms with E-state index in [-0.39, 0.29) is 19.6 Å². The molecule has 0 saturated heterocycles. The average Bonchev–Trinajstić information content (AvgIpc) is 2.11. The minimum Gasteiger partial charge on any atom is -0.336 e. The molecule has 2 N–H and O–H groups in total. The Labute approximate surface area is 83.0 Å². The molecule has 8 heteroatoms. The van der Waals surface area contributed by atoms with Crippen molar-refractivity contribution in [2.24, 2.45) is 5.73 Å². The molecule has 0 aliphatic heterocycles. The molecule has 3 nitrogen and oxygen atoms in total. The summed E-state index contributed by atoms with van der Waals surface area (Å²) < 4.78 is 60.4. The second-order valence-corrected chi connectivity index (χ2v) is 2.75. The van der Waals surface area contributed by atoms with E-state index in [0.717, 1.165) is 0 Å². The molecule has 0 atom stereocenters. The molecular formula is C7H11F5N2O. The number of amides is 1. The number of rotatable bonds is 4. The largest absolute Gasteiger partial charge is 0.463 e. The lowest BCUT2D eigenvalue weighted by molar-refractivity contribution is -0.274. The van der Waals surface area contributed by atoms with E-state index in [1.807, 2.05) is 0 Å². The number of likely N-dealkylation sites (N-methyl/N-ethyl adjacent to an activating group) is 1. The molecule has 0 bridgehead atoms. The molecular weight excluding hydrogens is 223 g/mol. The molecule has 0 rings (SSSR count). The summed E-state index contributed by atoms with van der Waals surface area (Å²) in [5.41, 5.74) is 4.98. The van der Waals surface area contributed by atoms with E-state index in [1.54, 1.807) is 0 Å². The summed E-state index contributed by atoms with van der Waals surface area (Å²) in [6.07, 6.45) is -5.87. The Hall–Kier alpha value is -0.920. The molecule has 0 aromatic heterocycles. The lowest BCUT2D eigenvalue weighted by atomic mass is 10.2. The van der Waals surface area contributed by atoms with Gasteiger partial charge in [-0.05, 0) is 6.92 Å². The van der Waals surface area contributed by atoms with Crippen molar-refractivity contribution in [3.63, 3.8) is 0 Å². The van der Waals surface area contributed by atoms with Gasteiger partial charge in [0.25, 0.3) is 0 Å². The Bertz CT molecular complexity index is 228. The summed E-state index contributed by atoms with van der Waals surface area (Å²) in [4.78, 5) is 11.2. The van der Waals surface area contributed by atoms with Crippen LogP contribution in [-0.2, 0) is 4.79 Å². The van der Waals surface area contributed by atoms with Gasteiger partial charge in [-0.3, -0.25) is 4.79 Å². The van der Waals surface area contributed by atoms with E-state index >= 15 is 0 Å². The minimum absolute atomic E-state index is 0.173. The first kappa shape index (κ1) is 14.1. The Morgan fingerprint density at radius 2 is 1.73 bits per heavy atom. The first-order chi connectivity index (χ1) is 6.68. The van der Waals surface area contributed by atoms with Crippen LogP contribution in [0.25, 0.3) is 0 Å². The van der Waals surface area contributed by atoms with Gasteiger partial charge in [0.05, 0.1) is 0 Å². The van der Waals surface area contributed by atoms with Crippen LogP contribution < -0.4 is 5.73 Å². The first-order valence-electron chi connectivity index (χ1n) is 4.12. The van der Waals surface area contributed by atoms with Gasteiger partial charge in [0.2, 0.25) is 0 Å². The fourth-order valence-electron chi connectivity index (χ4n) is 0.879. The van der Waals surface area contributed by atoms with Gasteiger partial charge in [0.15, 0.2) is 0 Å². The molecule has 0 fully saturated rings. The summed E-state index contributed by atoms with van der Waals surface area (Å²) >= 11 is 0. The highest BCUT2D eigenvalue weighted by Gasteiger charge is 2.64. The molecule has 0 spiro atoms. The van der Waals surface area contributed by atoms with Crippen molar-refractivity contribution in [3.05, 3.63) is 0 Å². The van der Waals surface area contributed by atoms with Crippen molar-refractivity contribution in [1.82, 2.24) is 4.90 Å². The topological polar surface area (TPSA) is 46.3 Å². The van der Waals surface area contributed by atoms with Gasteiger partial charge < -0.3 is 10.6 Å². The number of nitrogens with zero attached hydrogens (tertiary/aromatic N) is 1. The third-order valence-corrected chi connectivity index (χ3v) is 1.69. The zero-order chi connectivity index (χ0) is 12.3. The van der Waals surface area contributed by atoms with Crippen molar-refractivity contribution < 1.29 is 26.7 Å². The van der Waals surface area contributed by atoms with Crippen LogP contribution >= 0.6 is 0 Å². The van der Waals surface area contributed by atoms with Crippen LogP contribution in [0.15, 0.2) is 0 Å². The lowest BCUT2D eigenvalue weighted by Gasteiger charge is -2.26. The molecule has 0 heterocycles. The molecule has 0 radical (unpaired) electrons. The zero-order valence-corrected chi connectivity index (χ0v) is 7.94. The Balaban J connectivity index is 4.81. The van der Waals surface area contributed by atoms with E-state index in [9.17, 15) is 26.7 Å². The van der Waals surface area contributed by atoms with Gasteiger partial charge in [-0.1, -0.05) is 0 Å². The number of nitrogens with two attached hydrogens (primary N) is 1. The van der Waals surface area contributed by atoms with E-state index in [4.69, 9.17) is 5.73 Å². The number of carbonyl (C=O) groups is 1. The van der Waals surface area contributed by atoms with Gasteiger partial charge in [-0.2, -0.15) is 22.0 Å². The van der Waals surface area contributed by atoms with Gasteiger partial charge in [0, 0.05) is 19.6 Å². The predicted molar refractivity (Wildman–Crippen MR) is 42.3 cm³/mol. The van der Waals surface area contributed by atoms with Crippen LogP contribution in [0.4, 0.5) is 22.0 Å². The normalized spacial score (nSPS) is 12.7. The number of alkyl halides is 5. The summed E-state index contributed by atoms with van der Waals surface area (Å²) in [6, 6.07) is 0. The standard InChI is InChI=1S/C7H11F5N2O/c1-2-14(4-3-13)5(15)6(8,9)7(10,11)12/h2-4,13H2,1H3. The molecule has 0 aliphatic rings. The van der Waals surface area contributed by atoms with Gasteiger partial charge in [-0.15, -0.1) is 0 Å². The number of hydrogen-bond acceptors (Lipinski definition) is 2. The SMILES string of the molecule is CCN(CCN)C(=O)C(F)(F)C(F)(F)F. The van der Waals surface area contributed by atoms with Gasteiger partial charge in [0.1, 0.15) is 0 Å². The molecule has 0 aromatic carbocycles. The molecule has 0 saturated carbocycles. The average molecular weight is 234 g/mol. The second kappa shape index (κ2) is 4.73. The Kier molecular flexibility index (Phi) is 4.44. The molecule has 1 amide bonds. The summed E-state index contributed by atoms with van der Waals surface area (Å²) in [5.74, 6) is -7.61. The third kappa shape index (κ3) is 3.01. The maximum absolute atomic E-state index is 12.5. The van der Waals surface area contributed by atoms with E-state index in [1.165, 1.54) is 6.92 Å². The second-order valence-electron chi connectivity index (χ2n) is 2.75. The molecule has 0 aliphatic carbocycles. The van der Waals surface area contributed by atoms with Crippen molar-refractivity contribution in [1.29, 1.82) is 0 Å². The third-order valence-electron chi connectivity index (χ3n) is 1.69. The summed E-state index contributed by atoms with van der Waals surface area (Å²) in [6.45, 7) is 0.538. The highest BCUT2D eigenvalue weighted by Crippen LogP contribution is 2.36. The highest BCUT2D eigenvalue weighted by molar-refractivity contribution is 5.84. The van der Waals surface area contributed by atoms with Crippen LogP contribution in [0.2, 0.25) is 0 Å². The van der Waals surface area contributed by atoms with E-state index < -0.39 is 18.0 Å².